The van der Waals surface area contributed by atoms with E-state index in [-0.39, 0.29) is 23.6 Å². The van der Waals surface area contributed by atoms with E-state index in [1.807, 2.05) is 48.5 Å². The molecule has 1 amide bonds. The highest BCUT2D eigenvalue weighted by Gasteiger charge is 2.16. The summed E-state index contributed by atoms with van der Waals surface area (Å²) in [6, 6.07) is 17.1. The molecule has 0 atom stereocenters. The highest BCUT2D eigenvalue weighted by atomic mass is 16.3. The van der Waals surface area contributed by atoms with Gasteiger partial charge >= 0.3 is 0 Å². The summed E-state index contributed by atoms with van der Waals surface area (Å²) in [5.74, 6) is -0.173. The Kier molecular flexibility index (Phi) is 4.01. The second-order valence-electron chi connectivity index (χ2n) is 6.19. The average Bonchev–Trinajstić information content (AvgIpc) is 3.04. The molecule has 0 radical (unpaired) electrons. The molecule has 2 aromatic heterocycles. The summed E-state index contributed by atoms with van der Waals surface area (Å²) >= 11 is 0. The van der Waals surface area contributed by atoms with Crippen LogP contribution in [0.4, 0.5) is 0 Å². The van der Waals surface area contributed by atoms with Crippen molar-refractivity contribution in [2.75, 3.05) is 7.05 Å². The molecule has 26 heavy (non-hydrogen) atoms. The highest BCUT2D eigenvalue weighted by molar-refractivity contribution is 6.01. The third-order valence-corrected chi connectivity index (χ3v) is 4.34. The molecule has 2 aromatic carbocycles. The number of para-hydroxylation sites is 1. The van der Waals surface area contributed by atoms with Crippen LogP contribution in [-0.4, -0.2) is 27.4 Å². The van der Waals surface area contributed by atoms with Gasteiger partial charge in [0.15, 0.2) is 0 Å². The fourth-order valence-electron chi connectivity index (χ4n) is 2.94. The zero-order valence-electron chi connectivity index (χ0n) is 14.3. The lowest BCUT2D eigenvalue weighted by molar-refractivity contribution is -0.131. The lowest BCUT2D eigenvalue weighted by Gasteiger charge is -2.17. The van der Waals surface area contributed by atoms with E-state index in [4.69, 9.17) is 4.42 Å². The Hall–Kier alpha value is -3.41. The van der Waals surface area contributed by atoms with E-state index >= 15 is 0 Å². The first kappa shape index (κ1) is 16.1. The predicted molar refractivity (Wildman–Crippen MR) is 98.7 cm³/mol. The summed E-state index contributed by atoms with van der Waals surface area (Å²) in [4.78, 5) is 31.1. The molecule has 4 aromatic rings. The van der Waals surface area contributed by atoms with E-state index in [0.29, 0.717) is 17.6 Å². The van der Waals surface area contributed by atoms with Crippen molar-refractivity contribution < 1.29 is 9.21 Å². The van der Waals surface area contributed by atoms with Gasteiger partial charge < -0.3 is 9.32 Å². The van der Waals surface area contributed by atoms with E-state index in [1.54, 1.807) is 18.0 Å². The van der Waals surface area contributed by atoms with E-state index < -0.39 is 0 Å². The Morgan fingerprint density at radius 3 is 2.65 bits per heavy atom. The van der Waals surface area contributed by atoms with Gasteiger partial charge in [-0.05, 0) is 17.7 Å². The molecule has 130 valence electrons. The molecule has 0 aliphatic rings. The van der Waals surface area contributed by atoms with Gasteiger partial charge in [-0.25, -0.2) is 4.98 Å². The van der Waals surface area contributed by atoms with Crippen LogP contribution in [0.2, 0.25) is 0 Å². The van der Waals surface area contributed by atoms with Gasteiger partial charge in [0, 0.05) is 19.0 Å². The normalized spacial score (nSPS) is 11.1. The topological polar surface area (TPSA) is 68.3 Å². The Bertz CT molecular complexity index is 1150. The molecule has 0 fully saturated rings. The Morgan fingerprint density at radius 2 is 1.85 bits per heavy atom. The first-order chi connectivity index (χ1) is 12.6. The maximum absolute atomic E-state index is 12.7. The summed E-state index contributed by atoms with van der Waals surface area (Å²) in [6.45, 7) is 0.400. The molecular formula is C20H17N3O3. The number of fused-ring (bicyclic) bond motifs is 3. The summed E-state index contributed by atoms with van der Waals surface area (Å²) < 4.78 is 6.93. The van der Waals surface area contributed by atoms with Crippen LogP contribution in [0.3, 0.4) is 0 Å². The Balaban J connectivity index is 1.60. The largest absolute Gasteiger partial charge is 0.448 e. The molecule has 2 heterocycles. The van der Waals surface area contributed by atoms with Crippen molar-refractivity contribution in [3.63, 3.8) is 0 Å². The van der Waals surface area contributed by atoms with Crippen LogP contribution in [0, 0.1) is 0 Å². The van der Waals surface area contributed by atoms with Gasteiger partial charge in [-0.15, -0.1) is 0 Å². The molecule has 4 rings (SSSR count). The zero-order chi connectivity index (χ0) is 18.1. The standard InChI is InChI=1S/C20H17N3O3/c1-22(11-14-7-3-2-4-8-14)17(24)12-23-13-21-18-15-9-5-6-10-16(15)26-19(18)20(23)25/h2-10,13H,11-12H2,1H3. The van der Waals surface area contributed by atoms with Crippen LogP contribution in [0.25, 0.3) is 22.1 Å². The molecule has 0 saturated carbocycles. The van der Waals surface area contributed by atoms with E-state index in [9.17, 15) is 9.59 Å². The molecule has 6 nitrogen and oxygen atoms in total. The van der Waals surface area contributed by atoms with Crippen molar-refractivity contribution in [2.24, 2.45) is 0 Å². The Labute approximate surface area is 149 Å². The summed E-state index contributed by atoms with van der Waals surface area (Å²) in [7, 11) is 1.72. The molecule has 0 aliphatic carbocycles. The third-order valence-electron chi connectivity index (χ3n) is 4.34. The van der Waals surface area contributed by atoms with E-state index in [0.717, 1.165) is 10.9 Å². The van der Waals surface area contributed by atoms with E-state index in [1.165, 1.54) is 10.9 Å². The quantitative estimate of drug-likeness (QED) is 0.569. The number of amides is 1. The van der Waals surface area contributed by atoms with Crippen LogP contribution in [0.15, 0.2) is 70.1 Å². The lowest BCUT2D eigenvalue weighted by atomic mass is 10.2. The van der Waals surface area contributed by atoms with Gasteiger partial charge in [0.25, 0.3) is 5.56 Å². The summed E-state index contributed by atoms with van der Waals surface area (Å²) in [5.41, 5.74) is 1.98. The fraction of sp³-hybridized carbons (Fsp3) is 0.150. The van der Waals surface area contributed by atoms with Gasteiger partial charge in [0.1, 0.15) is 17.6 Å². The number of rotatable bonds is 4. The molecular weight excluding hydrogens is 330 g/mol. The smallest absolute Gasteiger partial charge is 0.297 e. The predicted octanol–water partition coefficient (Wildman–Crippen LogP) is 2.80. The molecule has 0 N–H and O–H groups in total. The van der Waals surface area contributed by atoms with Gasteiger partial charge in [-0.2, -0.15) is 0 Å². The van der Waals surface area contributed by atoms with Gasteiger partial charge in [-0.1, -0.05) is 42.5 Å². The van der Waals surface area contributed by atoms with Crippen LogP contribution in [0.1, 0.15) is 5.56 Å². The minimum atomic E-state index is -0.354. The summed E-state index contributed by atoms with van der Waals surface area (Å²) in [5, 5.41) is 0.791. The lowest BCUT2D eigenvalue weighted by Crippen LogP contribution is -2.33. The van der Waals surface area contributed by atoms with Crippen LogP contribution in [-0.2, 0) is 17.9 Å². The van der Waals surface area contributed by atoms with Gasteiger partial charge in [0.2, 0.25) is 11.5 Å². The van der Waals surface area contributed by atoms with Crippen molar-refractivity contribution in [1.82, 2.24) is 14.5 Å². The number of carbonyl (C=O) groups excluding carboxylic acids is 1. The van der Waals surface area contributed by atoms with Crippen molar-refractivity contribution in [2.45, 2.75) is 13.1 Å². The second-order valence-corrected chi connectivity index (χ2v) is 6.19. The summed E-state index contributed by atoms with van der Waals surface area (Å²) in [6.07, 6.45) is 1.40. The Morgan fingerprint density at radius 1 is 1.12 bits per heavy atom. The molecule has 0 unspecified atom stereocenters. The third kappa shape index (κ3) is 2.86. The first-order valence-corrected chi connectivity index (χ1v) is 8.28. The second kappa shape index (κ2) is 6.48. The maximum atomic E-state index is 12.7. The van der Waals surface area contributed by atoms with Crippen molar-refractivity contribution >= 4 is 28.0 Å². The minimum Gasteiger partial charge on any atom is -0.448 e. The first-order valence-electron chi connectivity index (χ1n) is 8.28. The number of hydrogen-bond acceptors (Lipinski definition) is 4. The van der Waals surface area contributed by atoms with Crippen LogP contribution < -0.4 is 5.56 Å². The van der Waals surface area contributed by atoms with Crippen molar-refractivity contribution in [3.8, 4) is 0 Å². The minimum absolute atomic E-state index is 0.0812. The number of nitrogens with zero attached hydrogens (tertiary/aromatic N) is 3. The SMILES string of the molecule is CN(Cc1ccccc1)C(=O)Cn1cnc2c(oc3ccccc32)c1=O. The molecule has 0 bridgehead atoms. The zero-order valence-corrected chi connectivity index (χ0v) is 14.3. The van der Waals surface area contributed by atoms with Crippen molar-refractivity contribution in [3.05, 3.63) is 76.8 Å². The number of likely N-dealkylation sites (N-methyl/N-ethyl adjacent to an activating group) is 1. The number of aromatic nitrogens is 2. The van der Waals surface area contributed by atoms with E-state index in [2.05, 4.69) is 4.98 Å². The maximum Gasteiger partial charge on any atom is 0.297 e. The van der Waals surface area contributed by atoms with Crippen LogP contribution in [0.5, 0.6) is 0 Å². The monoisotopic (exact) mass is 347 g/mol. The molecule has 0 saturated heterocycles. The molecule has 0 spiro atoms. The number of hydrogen-bond donors (Lipinski definition) is 0. The highest BCUT2D eigenvalue weighted by Crippen LogP contribution is 2.24. The van der Waals surface area contributed by atoms with Gasteiger partial charge in [-0.3, -0.25) is 14.2 Å². The van der Waals surface area contributed by atoms with Gasteiger partial charge in [0.05, 0.1) is 6.33 Å². The number of furan rings is 1. The fourth-order valence-corrected chi connectivity index (χ4v) is 2.94. The molecule has 6 heteroatoms. The molecule has 0 aliphatic heterocycles. The average molecular weight is 347 g/mol. The van der Waals surface area contributed by atoms with Crippen LogP contribution >= 0.6 is 0 Å². The van der Waals surface area contributed by atoms with Crippen molar-refractivity contribution in [1.29, 1.82) is 0 Å². The number of benzene rings is 2. The number of carbonyl (C=O) groups is 1.